The van der Waals surface area contributed by atoms with Crippen molar-refractivity contribution in [1.29, 1.82) is 0 Å². The number of aliphatic hydroxyl groups excluding tert-OH is 1. The summed E-state index contributed by atoms with van der Waals surface area (Å²) in [5.74, 6) is 0. The first kappa shape index (κ1) is 14.6. The normalized spacial score (nSPS) is 13.2. The van der Waals surface area contributed by atoms with Crippen LogP contribution < -0.4 is 0 Å². The Kier molecular flexibility index (Phi) is 5.94. The first-order valence-corrected chi connectivity index (χ1v) is 3.87. The first-order valence-electron chi connectivity index (χ1n) is 3.87. The van der Waals surface area contributed by atoms with Gasteiger partial charge in [-0.2, -0.15) is 0 Å². The minimum Gasteiger partial charge on any atom is -0.394 e. The molecule has 0 aliphatic heterocycles. The maximum Gasteiger partial charge on any atom is 0.294 e. The molecule has 13 heteroatoms. The van der Waals surface area contributed by atoms with Crippen LogP contribution in [0.4, 0.5) is 0 Å². The Morgan fingerprint density at radius 2 is 1.41 bits per heavy atom. The summed E-state index contributed by atoms with van der Waals surface area (Å²) in [7, 11) is 0. The van der Waals surface area contributed by atoms with Gasteiger partial charge in [-0.1, -0.05) is 0 Å². The zero-order chi connectivity index (χ0) is 13.4. The van der Waals surface area contributed by atoms with Gasteiger partial charge in [-0.05, 0) is 0 Å². The Morgan fingerprint density at radius 1 is 0.941 bits per heavy atom. The predicted octanol–water partition coefficient (Wildman–Crippen LogP) is -1.66. The van der Waals surface area contributed by atoms with Gasteiger partial charge in [0.25, 0.3) is 15.3 Å². The van der Waals surface area contributed by atoms with Crippen molar-refractivity contribution in [3.05, 3.63) is 30.3 Å². The first-order chi connectivity index (χ1) is 7.86. The van der Waals surface area contributed by atoms with Crippen LogP contribution >= 0.6 is 0 Å². The molecule has 1 N–H and O–H groups in total. The van der Waals surface area contributed by atoms with Gasteiger partial charge in [0.05, 0.1) is 6.61 Å². The van der Waals surface area contributed by atoms with Gasteiger partial charge in [0.2, 0.25) is 0 Å². The van der Waals surface area contributed by atoms with E-state index in [4.69, 9.17) is 5.11 Å². The van der Waals surface area contributed by atoms with E-state index in [-0.39, 0.29) is 0 Å². The van der Waals surface area contributed by atoms with Crippen LogP contribution in [0.3, 0.4) is 0 Å². The Bertz CT molecular complexity index is 293. The van der Waals surface area contributed by atoms with Gasteiger partial charge in [-0.15, -0.1) is 30.3 Å². The lowest BCUT2D eigenvalue weighted by Crippen LogP contribution is -2.41. The van der Waals surface area contributed by atoms with Gasteiger partial charge in [-0.3, -0.25) is 0 Å². The molecule has 2 atom stereocenters. The van der Waals surface area contributed by atoms with E-state index in [1.165, 1.54) is 0 Å². The van der Waals surface area contributed by atoms with E-state index in [2.05, 4.69) is 14.5 Å². The number of nitrogens with zero attached hydrogens (tertiary/aromatic N) is 3. The lowest BCUT2D eigenvalue weighted by atomic mass is 10.2. The third-order valence-electron chi connectivity index (χ3n) is 1.38. The standard InChI is InChI=1S/C4H7N3O10/c8-1-3(16-6(11)12)4(17-7(13)14)2-15-5(9)10/h3-4,8H,1-2H2/t3-,4-/m0/s1. The molecule has 0 aromatic carbocycles. The van der Waals surface area contributed by atoms with E-state index in [0.717, 1.165) is 0 Å². The average Bonchev–Trinajstić information content (AvgIpc) is 2.20. The van der Waals surface area contributed by atoms with Crippen molar-refractivity contribution >= 4 is 0 Å². The highest BCUT2D eigenvalue weighted by atomic mass is 17.0. The monoisotopic (exact) mass is 257 g/mol. The smallest absolute Gasteiger partial charge is 0.294 e. The van der Waals surface area contributed by atoms with Crippen LogP contribution in [-0.4, -0.2) is 45.8 Å². The molecule has 0 aromatic rings. The molecule has 0 amide bonds. The van der Waals surface area contributed by atoms with Crippen LogP contribution in [0.2, 0.25) is 0 Å². The van der Waals surface area contributed by atoms with Crippen LogP contribution in [-0.2, 0) is 14.5 Å². The lowest BCUT2D eigenvalue weighted by molar-refractivity contribution is -0.810. The van der Waals surface area contributed by atoms with E-state index in [9.17, 15) is 30.3 Å². The molecule has 0 heterocycles. The zero-order valence-corrected chi connectivity index (χ0v) is 8.03. The summed E-state index contributed by atoms with van der Waals surface area (Å²) in [5.41, 5.74) is 0. The van der Waals surface area contributed by atoms with Crippen LogP contribution in [0, 0.1) is 30.3 Å². The second kappa shape index (κ2) is 6.94. The maximum absolute atomic E-state index is 10.0. The molecular formula is C4H7N3O10. The third kappa shape index (κ3) is 6.61. The van der Waals surface area contributed by atoms with E-state index < -0.39 is 40.7 Å². The molecule has 0 aromatic heterocycles. The minimum absolute atomic E-state index is 1.01. The fourth-order valence-electron chi connectivity index (χ4n) is 0.780. The second-order valence-corrected chi connectivity index (χ2v) is 2.44. The fourth-order valence-corrected chi connectivity index (χ4v) is 0.780. The number of aliphatic hydroxyl groups is 1. The summed E-state index contributed by atoms with van der Waals surface area (Å²) in [4.78, 5) is 41.3. The summed E-state index contributed by atoms with van der Waals surface area (Å²) in [6.07, 6.45) is -3.60. The van der Waals surface area contributed by atoms with Crippen molar-refractivity contribution in [1.82, 2.24) is 0 Å². The number of hydrogen-bond acceptors (Lipinski definition) is 10. The Balaban J connectivity index is 4.54. The zero-order valence-electron chi connectivity index (χ0n) is 8.03. The molecule has 0 saturated carbocycles. The summed E-state index contributed by atoms with van der Waals surface area (Å²) < 4.78 is 0. The molecule has 0 spiro atoms. The van der Waals surface area contributed by atoms with Gasteiger partial charge >= 0.3 is 0 Å². The van der Waals surface area contributed by atoms with Crippen molar-refractivity contribution in [2.45, 2.75) is 12.2 Å². The second-order valence-electron chi connectivity index (χ2n) is 2.44. The summed E-state index contributed by atoms with van der Waals surface area (Å²) >= 11 is 0. The van der Waals surface area contributed by atoms with E-state index >= 15 is 0 Å². The molecule has 0 bridgehead atoms. The molecule has 13 nitrogen and oxygen atoms in total. The molecule has 0 aliphatic carbocycles. The van der Waals surface area contributed by atoms with Crippen LogP contribution in [0.25, 0.3) is 0 Å². The molecular weight excluding hydrogens is 250 g/mol. The van der Waals surface area contributed by atoms with Crippen molar-refractivity contribution < 1.29 is 34.9 Å². The van der Waals surface area contributed by atoms with Crippen LogP contribution in [0.1, 0.15) is 0 Å². The summed E-state index contributed by atoms with van der Waals surface area (Å²) in [6.45, 7) is -2.03. The fraction of sp³-hybridized carbons (Fsp3) is 1.00. The van der Waals surface area contributed by atoms with Crippen LogP contribution in [0.5, 0.6) is 0 Å². The van der Waals surface area contributed by atoms with Crippen molar-refractivity contribution in [2.75, 3.05) is 13.2 Å². The molecule has 0 radical (unpaired) electrons. The number of hydrogen-bond donors (Lipinski definition) is 1. The van der Waals surface area contributed by atoms with Crippen molar-refractivity contribution in [3.8, 4) is 0 Å². The molecule has 17 heavy (non-hydrogen) atoms. The predicted molar refractivity (Wildman–Crippen MR) is 43.8 cm³/mol. The lowest BCUT2D eigenvalue weighted by Gasteiger charge is -2.20. The van der Waals surface area contributed by atoms with Crippen LogP contribution in [0.15, 0.2) is 0 Å². The van der Waals surface area contributed by atoms with E-state index in [1.807, 2.05) is 0 Å². The minimum atomic E-state index is -1.81. The van der Waals surface area contributed by atoms with Gasteiger partial charge in [0, 0.05) is 0 Å². The Labute approximate surface area is 91.8 Å². The molecule has 98 valence electrons. The van der Waals surface area contributed by atoms with Gasteiger partial charge in [-0.25, -0.2) is 0 Å². The summed E-state index contributed by atoms with van der Waals surface area (Å²) in [6, 6.07) is 0. The van der Waals surface area contributed by atoms with E-state index in [1.54, 1.807) is 0 Å². The highest BCUT2D eigenvalue weighted by molar-refractivity contribution is 4.66. The SMILES string of the molecule is O=[N+]([O-])OC[C@H](O[N+](=O)[O-])[C@H](CO)O[N+](=O)[O-]. The van der Waals surface area contributed by atoms with E-state index in [0.29, 0.717) is 0 Å². The third-order valence-corrected chi connectivity index (χ3v) is 1.38. The Morgan fingerprint density at radius 3 is 1.76 bits per heavy atom. The highest BCUT2D eigenvalue weighted by Gasteiger charge is 2.29. The average molecular weight is 257 g/mol. The van der Waals surface area contributed by atoms with Gasteiger partial charge in [0.1, 0.15) is 6.61 Å². The quantitative estimate of drug-likeness (QED) is 0.371. The molecule has 0 fully saturated rings. The maximum atomic E-state index is 10.0. The number of rotatable bonds is 9. The highest BCUT2D eigenvalue weighted by Crippen LogP contribution is 2.06. The van der Waals surface area contributed by atoms with Gasteiger partial charge < -0.3 is 19.6 Å². The topological polar surface area (TPSA) is 177 Å². The van der Waals surface area contributed by atoms with Gasteiger partial charge in [0.15, 0.2) is 12.2 Å². The molecule has 0 unspecified atom stereocenters. The molecule has 0 rings (SSSR count). The molecule has 0 aliphatic rings. The Hall–Kier alpha value is -2.44. The largest absolute Gasteiger partial charge is 0.394 e. The van der Waals surface area contributed by atoms with Crippen molar-refractivity contribution in [2.24, 2.45) is 0 Å². The molecule has 0 saturated heterocycles. The van der Waals surface area contributed by atoms with Crippen molar-refractivity contribution in [3.63, 3.8) is 0 Å². The summed E-state index contributed by atoms with van der Waals surface area (Å²) in [5, 5.41) is 34.5.